The molecule has 0 spiro atoms. The second-order valence-corrected chi connectivity index (χ2v) is 8.40. The number of anilines is 1. The maximum Gasteiger partial charge on any atom is 0.233 e. The SMILES string of the molecule is C[C@H](Sc1nnc(NC2CC2)s1)C(=O)N[C@H](C)c1ccc(F)cc1. The van der Waals surface area contributed by atoms with Gasteiger partial charge in [0.05, 0.1) is 11.3 Å². The van der Waals surface area contributed by atoms with Crippen LogP contribution in [0.2, 0.25) is 0 Å². The normalized spacial score (nSPS) is 16.5. The third-order valence-electron chi connectivity index (χ3n) is 3.69. The molecule has 8 heteroatoms. The Bertz CT molecular complexity index is 702. The standard InChI is InChI=1S/C16H19FN4OS2/c1-9(11-3-5-12(17)6-4-11)18-14(22)10(2)23-16-21-20-15(24-16)19-13-7-8-13/h3-6,9-10,13H,7-8H2,1-2H3,(H,18,22)(H,19,20)/t9-,10+/m1/s1. The number of amides is 1. The van der Waals surface area contributed by atoms with Gasteiger partial charge in [-0.25, -0.2) is 4.39 Å². The number of hydrogen-bond acceptors (Lipinski definition) is 6. The van der Waals surface area contributed by atoms with E-state index in [-0.39, 0.29) is 23.0 Å². The lowest BCUT2D eigenvalue weighted by molar-refractivity contribution is -0.120. The summed E-state index contributed by atoms with van der Waals surface area (Å²) in [6.45, 7) is 3.72. The third kappa shape index (κ3) is 4.67. The van der Waals surface area contributed by atoms with Crippen LogP contribution >= 0.6 is 23.1 Å². The molecule has 1 fully saturated rings. The number of thioether (sulfide) groups is 1. The minimum absolute atomic E-state index is 0.0799. The predicted molar refractivity (Wildman–Crippen MR) is 94.8 cm³/mol. The van der Waals surface area contributed by atoms with Gasteiger partial charge < -0.3 is 10.6 Å². The van der Waals surface area contributed by atoms with Crippen LogP contribution < -0.4 is 10.6 Å². The molecular formula is C16H19FN4OS2. The molecule has 1 aliphatic carbocycles. The highest BCUT2D eigenvalue weighted by atomic mass is 32.2. The second-order valence-electron chi connectivity index (χ2n) is 5.83. The molecule has 1 aromatic heterocycles. The van der Waals surface area contributed by atoms with E-state index in [1.54, 1.807) is 12.1 Å². The Hall–Kier alpha value is -1.67. The molecule has 2 aromatic rings. The van der Waals surface area contributed by atoms with E-state index in [2.05, 4.69) is 20.8 Å². The smallest absolute Gasteiger partial charge is 0.233 e. The van der Waals surface area contributed by atoms with Crippen molar-refractivity contribution in [3.8, 4) is 0 Å². The number of nitrogens with one attached hydrogen (secondary N) is 2. The maximum atomic E-state index is 13.0. The summed E-state index contributed by atoms with van der Waals surface area (Å²) in [5.41, 5.74) is 0.869. The number of halogens is 1. The van der Waals surface area contributed by atoms with Gasteiger partial charge in [-0.2, -0.15) is 0 Å². The van der Waals surface area contributed by atoms with Crippen LogP contribution in [0.15, 0.2) is 28.6 Å². The van der Waals surface area contributed by atoms with Crippen molar-refractivity contribution in [2.45, 2.75) is 48.4 Å². The molecule has 0 unspecified atom stereocenters. The number of benzene rings is 1. The first-order valence-electron chi connectivity index (χ1n) is 7.84. The topological polar surface area (TPSA) is 66.9 Å². The summed E-state index contributed by atoms with van der Waals surface area (Å²) in [5, 5.41) is 15.0. The zero-order valence-corrected chi connectivity index (χ0v) is 15.1. The Morgan fingerprint density at radius 2 is 2.00 bits per heavy atom. The Morgan fingerprint density at radius 1 is 1.29 bits per heavy atom. The van der Waals surface area contributed by atoms with E-state index in [0.717, 1.165) is 15.0 Å². The first kappa shape index (κ1) is 17.2. The molecule has 0 radical (unpaired) electrons. The van der Waals surface area contributed by atoms with Gasteiger partial charge in [0.1, 0.15) is 5.82 Å². The molecule has 1 aliphatic rings. The van der Waals surface area contributed by atoms with Crippen LogP contribution in [0.5, 0.6) is 0 Å². The van der Waals surface area contributed by atoms with E-state index in [0.29, 0.717) is 6.04 Å². The van der Waals surface area contributed by atoms with Gasteiger partial charge in [-0.3, -0.25) is 4.79 Å². The summed E-state index contributed by atoms with van der Waals surface area (Å²) in [4.78, 5) is 12.3. The van der Waals surface area contributed by atoms with Crippen LogP contribution in [0.4, 0.5) is 9.52 Å². The molecule has 0 aliphatic heterocycles. The summed E-state index contributed by atoms with van der Waals surface area (Å²) >= 11 is 2.86. The molecular weight excluding hydrogens is 347 g/mol. The van der Waals surface area contributed by atoms with E-state index < -0.39 is 0 Å². The minimum atomic E-state index is -0.284. The van der Waals surface area contributed by atoms with E-state index in [4.69, 9.17) is 0 Å². The molecule has 1 saturated carbocycles. The third-order valence-corrected chi connectivity index (χ3v) is 5.73. The van der Waals surface area contributed by atoms with Gasteiger partial charge in [0.2, 0.25) is 11.0 Å². The van der Waals surface area contributed by atoms with Crippen molar-refractivity contribution < 1.29 is 9.18 Å². The largest absolute Gasteiger partial charge is 0.357 e. The molecule has 0 saturated heterocycles. The number of carbonyl (C=O) groups excluding carboxylic acids is 1. The number of aromatic nitrogens is 2. The fraction of sp³-hybridized carbons (Fsp3) is 0.438. The van der Waals surface area contributed by atoms with Crippen molar-refractivity contribution in [3.63, 3.8) is 0 Å². The lowest BCUT2D eigenvalue weighted by Gasteiger charge is -2.17. The molecule has 2 atom stereocenters. The molecule has 1 amide bonds. The van der Waals surface area contributed by atoms with Crippen molar-refractivity contribution in [3.05, 3.63) is 35.6 Å². The molecule has 24 heavy (non-hydrogen) atoms. The average Bonchev–Trinajstić information content (AvgIpc) is 3.26. The van der Waals surface area contributed by atoms with Gasteiger partial charge in [-0.1, -0.05) is 35.2 Å². The van der Waals surface area contributed by atoms with Crippen LogP contribution in [-0.2, 0) is 4.79 Å². The lowest BCUT2D eigenvalue weighted by Crippen LogP contribution is -2.33. The summed E-state index contributed by atoms with van der Waals surface area (Å²) in [6, 6.07) is 6.50. The van der Waals surface area contributed by atoms with E-state index >= 15 is 0 Å². The van der Waals surface area contributed by atoms with Gasteiger partial charge in [-0.15, -0.1) is 10.2 Å². The van der Waals surface area contributed by atoms with Crippen LogP contribution in [0.25, 0.3) is 0 Å². The molecule has 2 N–H and O–H groups in total. The summed E-state index contributed by atoms with van der Waals surface area (Å²) in [5.74, 6) is -0.364. The number of nitrogens with zero attached hydrogens (tertiary/aromatic N) is 2. The molecule has 128 valence electrons. The molecule has 3 rings (SSSR count). The highest BCUT2D eigenvalue weighted by Crippen LogP contribution is 2.32. The molecule has 0 bridgehead atoms. The molecule has 5 nitrogen and oxygen atoms in total. The first-order valence-corrected chi connectivity index (χ1v) is 9.53. The zero-order chi connectivity index (χ0) is 17.1. The number of carbonyl (C=O) groups is 1. The number of hydrogen-bond donors (Lipinski definition) is 2. The second kappa shape index (κ2) is 7.48. The van der Waals surface area contributed by atoms with Gasteiger partial charge in [-0.05, 0) is 44.4 Å². The Balaban J connectivity index is 1.51. The minimum Gasteiger partial charge on any atom is -0.357 e. The Labute approximate surface area is 148 Å². The first-order chi connectivity index (χ1) is 11.5. The highest BCUT2D eigenvalue weighted by Gasteiger charge is 2.23. The van der Waals surface area contributed by atoms with Crippen molar-refractivity contribution in [2.24, 2.45) is 0 Å². The highest BCUT2D eigenvalue weighted by molar-refractivity contribution is 8.02. The van der Waals surface area contributed by atoms with Crippen molar-refractivity contribution in [1.29, 1.82) is 0 Å². The molecule has 1 aromatic carbocycles. The average molecular weight is 366 g/mol. The van der Waals surface area contributed by atoms with E-state index in [1.807, 2.05) is 13.8 Å². The van der Waals surface area contributed by atoms with E-state index in [9.17, 15) is 9.18 Å². The summed E-state index contributed by atoms with van der Waals surface area (Å²) in [7, 11) is 0. The van der Waals surface area contributed by atoms with Crippen LogP contribution in [-0.4, -0.2) is 27.4 Å². The maximum absolute atomic E-state index is 13.0. The monoisotopic (exact) mass is 366 g/mol. The van der Waals surface area contributed by atoms with Crippen LogP contribution in [0, 0.1) is 5.82 Å². The number of rotatable bonds is 7. The van der Waals surface area contributed by atoms with Crippen molar-refractivity contribution in [2.75, 3.05) is 5.32 Å². The Morgan fingerprint density at radius 3 is 2.67 bits per heavy atom. The predicted octanol–water partition coefficient (Wildman–Crippen LogP) is 3.61. The van der Waals surface area contributed by atoms with Gasteiger partial charge >= 0.3 is 0 Å². The van der Waals surface area contributed by atoms with Gasteiger partial charge in [0, 0.05) is 6.04 Å². The fourth-order valence-electron chi connectivity index (χ4n) is 2.09. The van der Waals surface area contributed by atoms with Crippen molar-refractivity contribution in [1.82, 2.24) is 15.5 Å². The summed E-state index contributed by atoms with van der Waals surface area (Å²) < 4.78 is 13.7. The quantitative estimate of drug-likeness (QED) is 0.733. The van der Waals surface area contributed by atoms with Crippen LogP contribution in [0.1, 0.15) is 38.3 Å². The molecule has 1 heterocycles. The zero-order valence-electron chi connectivity index (χ0n) is 13.5. The van der Waals surface area contributed by atoms with Gasteiger partial charge in [0.25, 0.3) is 0 Å². The fourth-order valence-corrected chi connectivity index (χ4v) is 4.07. The Kier molecular flexibility index (Phi) is 5.35. The summed E-state index contributed by atoms with van der Waals surface area (Å²) in [6.07, 6.45) is 2.37. The van der Waals surface area contributed by atoms with E-state index in [1.165, 1.54) is 48.1 Å². The lowest BCUT2D eigenvalue weighted by atomic mass is 10.1. The van der Waals surface area contributed by atoms with Crippen LogP contribution in [0.3, 0.4) is 0 Å². The van der Waals surface area contributed by atoms with Crippen molar-refractivity contribution >= 4 is 34.1 Å². The van der Waals surface area contributed by atoms with Gasteiger partial charge in [0.15, 0.2) is 4.34 Å².